The zero-order valence-corrected chi connectivity index (χ0v) is 9.01. The molecule has 1 aliphatic rings. The van der Waals surface area contributed by atoms with Crippen molar-refractivity contribution in [2.24, 2.45) is 5.41 Å². The van der Waals surface area contributed by atoms with Gasteiger partial charge < -0.3 is 10.0 Å². The van der Waals surface area contributed by atoms with Gasteiger partial charge in [0.2, 0.25) is 0 Å². The molecule has 0 radical (unpaired) electrons. The van der Waals surface area contributed by atoms with Crippen molar-refractivity contribution in [1.82, 2.24) is 4.90 Å². The van der Waals surface area contributed by atoms with Gasteiger partial charge in [0.25, 0.3) is 0 Å². The highest BCUT2D eigenvalue weighted by atomic mass is 16.3. The predicted molar refractivity (Wildman–Crippen MR) is 55.4 cm³/mol. The Morgan fingerprint density at radius 2 is 2.15 bits per heavy atom. The Morgan fingerprint density at radius 3 is 2.54 bits per heavy atom. The lowest BCUT2D eigenvalue weighted by atomic mass is 9.90. The van der Waals surface area contributed by atoms with E-state index in [4.69, 9.17) is 0 Å². The highest BCUT2D eigenvalue weighted by molar-refractivity contribution is 5.00. The second kappa shape index (κ2) is 3.70. The summed E-state index contributed by atoms with van der Waals surface area (Å²) in [6, 6.07) is 0. The summed E-state index contributed by atoms with van der Waals surface area (Å²) in [6.45, 7) is 12.5. The molecule has 0 aromatic heterocycles. The molecule has 76 valence electrons. The van der Waals surface area contributed by atoms with Gasteiger partial charge in [0.15, 0.2) is 0 Å². The summed E-state index contributed by atoms with van der Waals surface area (Å²) in [7, 11) is 0. The number of hydrogen-bond acceptors (Lipinski definition) is 2. The Kier molecular flexibility index (Phi) is 3.01. The Morgan fingerprint density at radius 1 is 1.54 bits per heavy atom. The minimum atomic E-state index is -0.142. The first kappa shape index (κ1) is 10.6. The van der Waals surface area contributed by atoms with Gasteiger partial charge in [-0.1, -0.05) is 27.4 Å². The summed E-state index contributed by atoms with van der Waals surface area (Å²) in [6.07, 6.45) is 1.76. The van der Waals surface area contributed by atoms with Crippen LogP contribution in [0, 0.1) is 5.41 Å². The molecular weight excluding hydrogens is 162 g/mol. The predicted octanol–water partition coefficient (Wildman–Crippen LogP) is 2.00. The molecule has 0 saturated carbocycles. The van der Waals surface area contributed by atoms with E-state index in [0.29, 0.717) is 5.41 Å². The van der Waals surface area contributed by atoms with E-state index in [2.05, 4.69) is 32.3 Å². The smallest absolute Gasteiger partial charge is 0.0731 e. The van der Waals surface area contributed by atoms with E-state index in [9.17, 15) is 5.11 Å². The van der Waals surface area contributed by atoms with Crippen molar-refractivity contribution in [3.05, 3.63) is 12.3 Å². The first-order valence-corrected chi connectivity index (χ1v) is 4.99. The van der Waals surface area contributed by atoms with E-state index in [0.717, 1.165) is 25.9 Å². The molecule has 0 aliphatic carbocycles. The normalized spacial score (nSPS) is 23.7. The highest BCUT2D eigenvalue weighted by Crippen LogP contribution is 2.27. The van der Waals surface area contributed by atoms with Gasteiger partial charge in [-0.3, -0.25) is 0 Å². The molecule has 1 fully saturated rings. The topological polar surface area (TPSA) is 23.5 Å². The van der Waals surface area contributed by atoms with Crippen LogP contribution in [0.1, 0.15) is 33.6 Å². The van der Waals surface area contributed by atoms with Gasteiger partial charge in [-0.15, -0.1) is 0 Å². The molecule has 0 amide bonds. The van der Waals surface area contributed by atoms with Crippen LogP contribution >= 0.6 is 0 Å². The molecule has 1 atom stereocenters. The molecule has 0 bridgehead atoms. The third-order valence-electron chi connectivity index (χ3n) is 2.34. The summed E-state index contributed by atoms with van der Waals surface area (Å²) in [5.41, 5.74) is 1.47. The first-order valence-electron chi connectivity index (χ1n) is 4.99. The van der Waals surface area contributed by atoms with Gasteiger partial charge >= 0.3 is 0 Å². The van der Waals surface area contributed by atoms with Crippen LogP contribution in [0.2, 0.25) is 0 Å². The van der Waals surface area contributed by atoms with Gasteiger partial charge in [0.1, 0.15) is 0 Å². The van der Waals surface area contributed by atoms with Crippen LogP contribution in [0.5, 0.6) is 0 Å². The summed E-state index contributed by atoms with van der Waals surface area (Å²) < 4.78 is 0. The SMILES string of the molecule is C=C(CC(C)(C)C)N1CCC(O)C1. The average molecular weight is 183 g/mol. The van der Waals surface area contributed by atoms with Crippen molar-refractivity contribution in [2.45, 2.75) is 39.7 Å². The first-order chi connectivity index (χ1) is 5.88. The van der Waals surface area contributed by atoms with Crippen molar-refractivity contribution in [2.75, 3.05) is 13.1 Å². The average Bonchev–Trinajstić information content (AvgIpc) is 2.31. The van der Waals surface area contributed by atoms with Crippen LogP contribution in [-0.4, -0.2) is 29.2 Å². The second-order valence-corrected chi connectivity index (χ2v) is 5.19. The number of allylic oxidation sites excluding steroid dienone is 1. The molecule has 0 spiro atoms. The van der Waals surface area contributed by atoms with Gasteiger partial charge in [0, 0.05) is 18.8 Å². The number of aliphatic hydroxyl groups excluding tert-OH is 1. The maximum absolute atomic E-state index is 9.36. The van der Waals surface area contributed by atoms with Gasteiger partial charge in [-0.25, -0.2) is 0 Å². The number of rotatable bonds is 2. The van der Waals surface area contributed by atoms with Crippen molar-refractivity contribution in [1.29, 1.82) is 0 Å². The molecule has 1 rings (SSSR count). The Bertz CT molecular complexity index is 193. The molecule has 1 unspecified atom stereocenters. The molecule has 1 N–H and O–H groups in total. The Balaban J connectivity index is 2.41. The van der Waals surface area contributed by atoms with Crippen LogP contribution in [0.4, 0.5) is 0 Å². The lowest BCUT2D eigenvalue weighted by Crippen LogP contribution is -2.23. The lowest BCUT2D eigenvalue weighted by molar-refractivity contribution is 0.181. The lowest BCUT2D eigenvalue weighted by Gasteiger charge is -2.26. The Hall–Kier alpha value is -0.500. The molecule has 2 heteroatoms. The minimum Gasteiger partial charge on any atom is -0.391 e. The van der Waals surface area contributed by atoms with Gasteiger partial charge in [-0.2, -0.15) is 0 Å². The van der Waals surface area contributed by atoms with Crippen LogP contribution < -0.4 is 0 Å². The highest BCUT2D eigenvalue weighted by Gasteiger charge is 2.23. The molecule has 2 nitrogen and oxygen atoms in total. The van der Waals surface area contributed by atoms with Crippen molar-refractivity contribution in [3.63, 3.8) is 0 Å². The summed E-state index contributed by atoms with van der Waals surface area (Å²) in [5.74, 6) is 0. The molecule has 1 saturated heterocycles. The number of likely N-dealkylation sites (tertiary alicyclic amines) is 1. The van der Waals surface area contributed by atoms with E-state index in [-0.39, 0.29) is 6.10 Å². The van der Waals surface area contributed by atoms with Crippen molar-refractivity contribution < 1.29 is 5.11 Å². The van der Waals surface area contributed by atoms with Gasteiger partial charge in [-0.05, 0) is 18.3 Å². The van der Waals surface area contributed by atoms with E-state index < -0.39 is 0 Å². The fourth-order valence-electron chi connectivity index (χ4n) is 1.75. The van der Waals surface area contributed by atoms with E-state index in [1.165, 1.54) is 5.70 Å². The second-order valence-electron chi connectivity index (χ2n) is 5.19. The number of aliphatic hydroxyl groups is 1. The third kappa shape index (κ3) is 3.39. The summed E-state index contributed by atoms with van der Waals surface area (Å²) in [4.78, 5) is 2.20. The standard InChI is InChI=1S/C11H21NO/c1-9(7-11(2,3)4)12-6-5-10(13)8-12/h10,13H,1,5-8H2,2-4H3. The fraction of sp³-hybridized carbons (Fsp3) is 0.818. The number of hydrogen-bond donors (Lipinski definition) is 1. The van der Waals surface area contributed by atoms with E-state index >= 15 is 0 Å². The van der Waals surface area contributed by atoms with Crippen LogP contribution in [0.15, 0.2) is 12.3 Å². The van der Waals surface area contributed by atoms with Crippen molar-refractivity contribution >= 4 is 0 Å². The number of nitrogens with zero attached hydrogens (tertiary/aromatic N) is 1. The summed E-state index contributed by atoms with van der Waals surface area (Å²) in [5, 5.41) is 9.36. The number of β-amino-alcohol motifs (C(OH)–C–C–N with tert-alkyl or cyclic N) is 1. The Labute approximate surface area is 81.2 Å². The molecule has 13 heavy (non-hydrogen) atoms. The zero-order chi connectivity index (χ0) is 10.1. The minimum absolute atomic E-state index is 0.142. The summed E-state index contributed by atoms with van der Waals surface area (Å²) >= 11 is 0. The molecule has 0 aromatic carbocycles. The monoisotopic (exact) mass is 183 g/mol. The maximum atomic E-state index is 9.36. The van der Waals surface area contributed by atoms with E-state index in [1.54, 1.807) is 0 Å². The largest absolute Gasteiger partial charge is 0.391 e. The van der Waals surface area contributed by atoms with E-state index in [1.807, 2.05) is 0 Å². The quantitative estimate of drug-likeness (QED) is 0.708. The van der Waals surface area contributed by atoms with Crippen LogP contribution in [-0.2, 0) is 0 Å². The van der Waals surface area contributed by atoms with Crippen LogP contribution in [0.3, 0.4) is 0 Å². The van der Waals surface area contributed by atoms with Crippen LogP contribution in [0.25, 0.3) is 0 Å². The molecule has 0 aromatic rings. The van der Waals surface area contributed by atoms with Crippen molar-refractivity contribution in [3.8, 4) is 0 Å². The molecule has 1 heterocycles. The fourth-order valence-corrected chi connectivity index (χ4v) is 1.75. The molecular formula is C11H21NO. The third-order valence-corrected chi connectivity index (χ3v) is 2.34. The molecule has 1 aliphatic heterocycles. The zero-order valence-electron chi connectivity index (χ0n) is 9.01. The van der Waals surface area contributed by atoms with Gasteiger partial charge in [0.05, 0.1) is 6.10 Å². The maximum Gasteiger partial charge on any atom is 0.0731 e.